The summed E-state index contributed by atoms with van der Waals surface area (Å²) < 4.78 is 35.1. The van der Waals surface area contributed by atoms with Gasteiger partial charge in [0.15, 0.2) is 17.3 Å². The molecule has 2 aliphatic rings. The fraction of sp³-hybridized carbons (Fsp3) is 0.324. The minimum Gasteiger partial charge on any atom is -0.492 e. The Morgan fingerprint density at radius 3 is 2.45 bits per heavy atom. The highest BCUT2D eigenvalue weighted by molar-refractivity contribution is 5.97. The monoisotopic (exact) mass is 674 g/mol. The van der Waals surface area contributed by atoms with Gasteiger partial charge in [-0.05, 0) is 30.5 Å². The molecule has 2 bridgehead atoms. The second kappa shape index (κ2) is 15.4. The van der Waals surface area contributed by atoms with Gasteiger partial charge >= 0.3 is 0 Å². The molecule has 6 rings (SSSR count). The summed E-state index contributed by atoms with van der Waals surface area (Å²) in [5.41, 5.74) is 0.626. The molecule has 4 amide bonds. The van der Waals surface area contributed by atoms with Crippen molar-refractivity contribution in [3.8, 4) is 17.1 Å². The lowest BCUT2D eigenvalue weighted by atomic mass is 10.0. The Morgan fingerprint density at radius 1 is 1.02 bits per heavy atom. The number of rotatable bonds is 4. The number of amides is 4. The first-order valence-corrected chi connectivity index (χ1v) is 15.7. The van der Waals surface area contributed by atoms with Gasteiger partial charge in [0.25, 0.3) is 5.91 Å². The van der Waals surface area contributed by atoms with Gasteiger partial charge in [0.05, 0.1) is 18.8 Å². The number of nitrogens with one attached hydrogen (secondary N) is 4. The van der Waals surface area contributed by atoms with E-state index in [9.17, 15) is 28.0 Å². The van der Waals surface area contributed by atoms with E-state index in [0.717, 1.165) is 0 Å². The molecule has 256 valence electrons. The number of pyridine rings is 1. The second-order valence-corrected chi connectivity index (χ2v) is 11.8. The van der Waals surface area contributed by atoms with Gasteiger partial charge < -0.3 is 26.0 Å². The molecule has 2 aromatic carbocycles. The van der Waals surface area contributed by atoms with Crippen molar-refractivity contribution in [3.63, 3.8) is 0 Å². The molecule has 0 unspecified atom stereocenters. The minimum atomic E-state index is -1.28. The van der Waals surface area contributed by atoms with Gasteiger partial charge in [-0.15, -0.1) is 0 Å². The highest BCUT2D eigenvalue weighted by Gasteiger charge is 2.32. The van der Waals surface area contributed by atoms with Gasteiger partial charge in [0.1, 0.15) is 42.6 Å². The highest BCUT2D eigenvalue weighted by Crippen LogP contribution is 2.20. The summed E-state index contributed by atoms with van der Waals surface area (Å²) in [5.74, 6) is -4.08. The number of fused-ring (bicyclic) bond motifs is 14. The van der Waals surface area contributed by atoms with E-state index in [-0.39, 0.29) is 32.0 Å². The van der Waals surface area contributed by atoms with E-state index in [4.69, 9.17) is 4.74 Å². The molecular weight excluding hydrogens is 638 g/mol. The summed E-state index contributed by atoms with van der Waals surface area (Å²) in [4.78, 5) is 61.6. The van der Waals surface area contributed by atoms with Crippen LogP contribution in [0.5, 0.6) is 5.75 Å². The zero-order valence-electron chi connectivity index (χ0n) is 27.1. The molecule has 49 heavy (non-hydrogen) atoms. The topological polar surface area (TPSA) is 169 Å². The minimum absolute atomic E-state index is 0.0507. The molecule has 0 saturated carbocycles. The van der Waals surface area contributed by atoms with Crippen molar-refractivity contribution in [1.29, 1.82) is 0 Å². The first kappa shape index (κ1) is 34.6. The first-order chi connectivity index (χ1) is 23.5. The third-order valence-electron chi connectivity index (χ3n) is 7.72. The lowest BCUT2D eigenvalue weighted by Gasteiger charge is -2.26. The van der Waals surface area contributed by atoms with Crippen LogP contribution in [-0.2, 0) is 27.3 Å². The van der Waals surface area contributed by atoms with Crippen molar-refractivity contribution < 1.29 is 32.7 Å². The number of carbonyl (C=O) groups is 4. The molecule has 0 saturated heterocycles. The second-order valence-electron chi connectivity index (χ2n) is 11.8. The highest BCUT2D eigenvalue weighted by atomic mass is 19.1. The van der Waals surface area contributed by atoms with Crippen molar-refractivity contribution in [2.24, 2.45) is 5.92 Å². The van der Waals surface area contributed by atoms with Crippen LogP contribution < -0.4 is 26.0 Å². The van der Waals surface area contributed by atoms with Crippen molar-refractivity contribution in [2.75, 3.05) is 13.2 Å². The van der Waals surface area contributed by atoms with Gasteiger partial charge in [-0.1, -0.05) is 56.3 Å². The third-order valence-corrected chi connectivity index (χ3v) is 7.72. The predicted molar refractivity (Wildman–Crippen MR) is 173 cm³/mol. The Labute approximate surface area is 280 Å². The summed E-state index contributed by atoms with van der Waals surface area (Å²) in [6, 6.07) is 13.2. The molecular formula is C34H36F2N8O5. The lowest BCUT2D eigenvalue weighted by molar-refractivity contribution is -0.131. The molecule has 0 radical (unpaired) electrons. The largest absolute Gasteiger partial charge is 0.492 e. The number of aromatic nitrogens is 4. The Kier molecular flexibility index (Phi) is 10.9. The van der Waals surface area contributed by atoms with E-state index in [1.165, 1.54) is 4.68 Å². The normalized spacial score (nSPS) is 19.2. The number of benzene rings is 2. The molecule has 2 aromatic heterocycles. The van der Waals surface area contributed by atoms with Crippen LogP contribution in [0.2, 0.25) is 0 Å². The van der Waals surface area contributed by atoms with Crippen LogP contribution in [0.1, 0.15) is 48.7 Å². The Bertz CT molecular complexity index is 1820. The summed E-state index contributed by atoms with van der Waals surface area (Å²) in [5, 5.41) is 15.4. The molecule has 13 nitrogen and oxygen atoms in total. The number of hydrogen-bond donors (Lipinski definition) is 4. The van der Waals surface area contributed by atoms with Gasteiger partial charge in [-0.3, -0.25) is 19.2 Å². The molecule has 4 aromatic rings. The smallest absolute Gasteiger partial charge is 0.273 e. The zero-order chi connectivity index (χ0) is 35.1. The molecule has 3 atom stereocenters. The van der Waals surface area contributed by atoms with Crippen LogP contribution in [0.4, 0.5) is 8.78 Å². The van der Waals surface area contributed by atoms with E-state index in [1.54, 1.807) is 45.0 Å². The van der Waals surface area contributed by atoms with Gasteiger partial charge in [0, 0.05) is 18.1 Å². The maximum Gasteiger partial charge on any atom is 0.273 e. The van der Waals surface area contributed by atoms with Crippen LogP contribution in [-0.4, -0.2) is 68.6 Å². The van der Waals surface area contributed by atoms with Crippen LogP contribution in [0.15, 0.2) is 66.9 Å². The maximum absolute atomic E-state index is 14.4. The van der Waals surface area contributed by atoms with Gasteiger partial charge in [-0.2, -0.15) is 5.10 Å². The molecule has 15 heteroatoms. The molecule has 0 fully saturated rings. The summed E-state index contributed by atoms with van der Waals surface area (Å²) in [6.45, 7) is 5.32. The molecule has 4 heterocycles. The lowest BCUT2D eigenvalue weighted by Crippen LogP contribution is -2.56. The third kappa shape index (κ3) is 8.80. The SMILES string of the molecule is CC(C)[C@H]1NC(=O)[C@@H](NC(=O)c2ncc(F)cc2F)Cc2ccc(cc2)OCCNC(=O)Cn2nc(-c3ccccc3)nc2[C@H](C)NC1=O. The van der Waals surface area contributed by atoms with E-state index < -0.39 is 59.1 Å². The van der Waals surface area contributed by atoms with Crippen LogP contribution in [0, 0.1) is 17.6 Å². The van der Waals surface area contributed by atoms with Gasteiger partial charge in [-0.25, -0.2) is 23.4 Å². The number of carbonyl (C=O) groups excluding carboxylic acids is 4. The Hall–Kier alpha value is -5.73. The number of halogens is 2. The fourth-order valence-corrected chi connectivity index (χ4v) is 5.18. The molecule has 0 spiro atoms. The van der Waals surface area contributed by atoms with Crippen LogP contribution >= 0.6 is 0 Å². The summed E-state index contributed by atoms with van der Waals surface area (Å²) in [6.07, 6.45) is 0.644. The Morgan fingerprint density at radius 2 is 1.76 bits per heavy atom. The van der Waals surface area contributed by atoms with Crippen LogP contribution in [0.25, 0.3) is 11.4 Å². The number of ether oxygens (including phenoxy) is 1. The predicted octanol–water partition coefficient (Wildman–Crippen LogP) is 2.49. The van der Waals surface area contributed by atoms with Crippen molar-refractivity contribution in [2.45, 2.75) is 51.9 Å². The maximum atomic E-state index is 14.4. The average molecular weight is 675 g/mol. The quantitative estimate of drug-likeness (QED) is 0.256. The van der Waals surface area contributed by atoms with E-state index in [0.29, 0.717) is 40.8 Å². The number of hydrogen-bond acceptors (Lipinski definition) is 8. The zero-order valence-corrected chi connectivity index (χ0v) is 27.1. The summed E-state index contributed by atoms with van der Waals surface area (Å²) >= 11 is 0. The fourth-order valence-electron chi connectivity index (χ4n) is 5.18. The Balaban J connectivity index is 1.46. The van der Waals surface area contributed by atoms with Gasteiger partial charge in [0.2, 0.25) is 17.7 Å². The summed E-state index contributed by atoms with van der Waals surface area (Å²) in [7, 11) is 0. The average Bonchev–Trinajstić information content (AvgIpc) is 3.49. The van der Waals surface area contributed by atoms with E-state index in [1.807, 2.05) is 30.3 Å². The number of nitrogens with zero attached hydrogens (tertiary/aromatic N) is 4. The van der Waals surface area contributed by atoms with E-state index >= 15 is 0 Å². The van der Waals surface area contributed by atoms with Crippen molar-refractivity contribution in [1.82, 2.24) is 41.0 Å². The van der Waals surface area contributed by atoms with E-state index in [2.05, 4.69) is 36.3 Å². The van der Waals surface area contributed by atoms with Crippen molar-refractivity contribution >= 4 is 23.6 Å². The standard InChI is InChI=1S/C34H36F2N8O5/c1-19(2)28-33(47)39-20(3)31-42-30(22-7-5-4-6-8-22)43-44(31)18-27(45)37-13-14-49-24-11-9-21(10-12-24)15-26(32(46)41-28)40-34(48)29-25(36)16-23(35)17-38-29/h4-12,16-17,19-20,26,28H,13-15,18H2,1-3H3,(H,37,45)(H,39,47)(H,40,48)(H,41,46)/t20-,26-,28+/m0/s1. The molecule has 2 aliphatic heterocycles. The van der Waals surface area contributed by atoms with Crippen LogP contribution in [0.3, 0.4) is 0 Å². The first-order valence-electron chi connectivity index (χ1n) is 15.7. The molecule has 4 N–H and O–H groups in total. The van der Waals surface area contributed by atoms with Crippen molar-refractivity contribution in [3.05, 3.63) is 95.6 Å². The molecule has 0 aliphatic carbocycles.